The zero-order valence-corrected chi connectivity index (χ0v) is 20.0. The first kappa shape index (κ1) is 22.9. The summed E-state index contributed by atoms with van der Waals surface area (Å²) in [6.07, 6.45) is 4.75. The molecule has 4 rings (SSSR count). The summed E-state index contributed by atoms with van der Waals surface area (Å²) in [5, 5.41) is 4.21. The molecule has 0 spiro atoms. The van der Waals surface area contributed by atoms with E-state index < -0.39 is 0 Å². The van der Waals surface area contributed by atoms with Crippen molar-refractivity contribution in [1.29, 1.82) is 0 Å². The Labute approximate surface area is 200 Å². The number of thiocarbonyl (C=S) groups is 1. The van der Waals surface area contributed by atoms with Crippen LogP contribution in [0.4, 0.5) is 0 Å². The molecule has 2 aromatic heterocycles. The van der Waals surface area contributed by atoms with E-state index in [1.165, 1.54) is 7.11 Å². The standard InChI is InChI=1S/C25H29N5O2S/c1-28(2)15-9-17-30-23(22(27-25(30)33)19-11-6-7-14-26-19)21-13-8-16-29(21)20-12-5-4-10-18(20)24(31)32-3/h4-8,10-14,16,22-23H,9,15,17H2,1-3H3,(H,27,33)/t22-,23+/m0/s1. The average Bonchev–Trinajstić information content (AvgIpc) is 3.43. The van der Waals surface area contributed by atoms with Gasteiger partial charge in [0.1, 0.15) is 0 Å². The van der Waals surface area contributed by atoms with Crippen molar-refractivity contribution in [1.82, 2.24) is 24.7 Å². The van der Waals surface area contributed by atoms with Gasteiger partial charge in [-0.2, -0.15) is 0 Å². The van der Waals surface area contributed by atoms with E-state index in [2.05, 4.69) is 44.8 Å². The van der Waals surface area contributed by atoms with Crippen LogP contribution in [0.15, 0.2) is 67.0 Å². The highest BCUT2D eigenvalue weighted by Crippen LogP contribution is 2.39. The van der Waals surface area contributed by atoms with Crippen molar-refractivity contribution >= 4 is 23.3 Å². The molecule has 1 saturated heterocycles. The summed E-state index contributed by atoms with van der Waals surface area (Å²) in [5.74, 6) is -0.366. The van der Waals surface area contributed by atoms with E-state index in [0.29, 0.717) is 10.7 Å². The molecular weight excluding hydrogens is 434 g/mol. The molecule has 1 fully saturated rings. The third-order valence-electron chi connectivity index (χ3n) is 5.85. The van der Waals surface area contributed by atoms with Crippen LogP contribution in [-0.4, -0.2) is 64.7 Å². The van der Waals surface area contributed by atoms with Gasteiger partial charge in [-0.15, -0.1) is 0 Å². The number of hydrogen-bond acceptors (Lipinski definition) is 5. The predicted octanol–water partition coefficient (Wildman–Crippen LogP) is 3.58. The number of aromatic nitrogens is 2. The summed E-state index contributed by atoms with van der Waals surface area (Å²) in [7, 11) is 5.55. The summed E-state index contributed by atoms with van der Waals surface area (Å²) in [5.41, 5.74) is 3.24. The van der Waals surface area contributed by atoms with Crippen LogP contribution in [0.3, 0.4) is 0 Å². The summed E-state index contributed by atoms with van der Waals surface area (Å²) < 4.78 is 7.09. The average molecular weight is 464 g/mol. The van der Waals surface area contributed by atoms with Crippen molar-refractivity contribution in [2.45, 2.75) is 18.5 Å². The maximum absolute atomic E-state index is 12.5. The second kappa shape index (κ2) is 10.1. The Morgan fingerprint density at radius 2 is 1.94 bits per heavy atom. The minimum absolute atomic E-state index is 0.0877. The molecule has 0 bridgehead atoms. The molecule has 0 radical (unpaired) electrons. The zero-order valence-electron chi connectivity index (χ0n) is 19.1. The monoisotopic (exact) mass is 463 g/mol. The molecule has 8 heteroatoms. The lowest BCUT2D eigenvalue weighted by Crippen LogP contribution is -2.33. The van der Waals surface area contributed by atoms with Crippen molar-refractivity contribution in [2.75, 3.05) is 34.3 Å². The largest absolute Gasteiger partial charge is 0.465 e. The van der Waals surface area contributed by atoms with Crippen molar-refractivity contribution in [2.24, 2.45) is 0 Å². The number of para-hydroxylation sites is 1. The highest BCUT2D eigenvalue weighted by Gasteiger charge is 2.41. The molecule has 0 unspecified atom stereocenters. The molecule has 2 atom stereocenters. The molecule has 1 N–H and O–H groups in total. The van der Waals surface area contributed by atoms with E-state index in [9.17, 15) is 4.79 Å². The van der Waals surface area contributed by atoms with Crippen molar-refractivity contribution in [3.63, 3.8) is 0 Å². The molecule has 0 saturated carbocycles. The number of methoxy groups -OCH3 is 1. The summed E-state index contributed by atoms with van der Waals surface area (Å²) >= 11 is 5.78. The number of pyridine rings is 1. The molecule has 1 aliphatic heterocycles. The van der Waals surface area contributed by atoms with Gasteiger partial charge < -0.3 is 24.4 Å². The third-order valence-corrected chi connectivity index (χ3v) is 6.21. The van der Waals surface area contributed by atoms with Crippen molar-refractivity contribution in [3.05, 3.63) is 83.9 Å². The fourth-order valence-electron chi connectivity index (χ4n) is 4.35. The lowest BCUT2D eigenvalue weighted by atomic mass is 10.0. The Bertz CT molecular complexity index is 1110. The van der Waals surface area contributed by atoms with Crippen LogP contribution in [0.2, 0.25) is 0 Å². The van der Waals surface area contributed by atoms with Gasteiger partial charge in [0.2, 0.25) is 0 Å². The molecule has 1 aliphatic rings. The first-order valence-corrected chi connectivity index (χ1v) is 11.4. The SMILES string of the molecule is COC(=O)c1ccccc1-n1cccc1[C@@H]1[C@H](c2ccccn2)NC(=S)N1CCCN(C)C. The molecule has 0 amide bonds. The van der Waals surface area contributed by atoms with E-state index in [1.807, 2.05) is 48.7 Å². The second-order valence-corrected chi connectivity index (χ2v) is 8.68. The Hall–Kier alpha value is -3.23. The molecule has 3 aromatic rings. The van der Waals surface area contributed by atoms with Gasteiger partial charge >= 0.3 is 5.97 Å². The number of carbonyl (C=O) groups is 1. The quantitative estimate of drug-likeness (QED) is 0.405. The van der Waals surface area contributed by atoms with Crippen LogP contribution in [0.25, 0.3) is 5.69 Å². The fourth-order valence-corrected chi connectivity index (χ4v) is 4.68. The lowest BCUT2D eigenvalue weighted by molar-refractivity contribution is 0.0600. The topological polar surface area (TPSA) is 62.6 Å². The summed E-state index contributed by atoms with van der Waals surface area (Å²) in [6.45, 7) is 1.77. The van der Waals surface area contributed by atoms with Gasteiger partial charge in [-0.05, 0) is 75.7 Å². The van der Waals surface area contributed by atoms with Gasteiger partial charge in [-0.3, -0.25) is 4.98 Å². The zero-order chi connectivity index (χ0) is 23.4. The van der Waals surface area contributed by atoms with Crippen molar-refractivity contribution < 1.29 is 9.53 Å². The lowest BCUT2D eigenvalue weighted by Gasteiger charge is -2.29. The molecule has 0 aliphatic carbocycles. The van der Waals surface area contributed by atoms with Crippen LogP contribution in [-0.2, 0) is 4.74 Å². The van der Waals surface area contributed by atoms with E-state index in [-0.39, 0.29) is 18.1 Å². The molecule has 7 nitrogen and oxygen atoms in total. The first-order valence-electron chi connectivity index (χ1n) is 11.0. The number of benzene rings is 1. The Morgan fingerprint density at radius 1 is 1.15 bits per heavy atom. The van der Waals surface area contributed by atoms with Crippen LogP contribution >= 0.6 is 12.2 Å². The number of nitrogens with one attached hydrogen (secondary N) is 1. The smallest absolute Gasteiger partial charge is 0.339 e. The maximum atomic E-state index is 12.5. The van der Waals surface area contributed by atoms with Crippen LogP contribution in [0.5, 0.6) is 0 Å². The molecule has 3 heterocycles. The predicted molar refractivity (Wildman–Crippen MR) is 132 cm³/mol. The van der Waals surface area contributed by atoms with Gasteiger partial charge in [-0.25, -0.2) is 4.79 Å². The number of carbonyl (C=O) groups excluding carboxylic acids is 1. The maximum Gasteiger partial charge on any atom is 0.339 e. The van der Waals surface area contributed by atoms with E-state index >= 15 is 0 Å². The highest BCUT2D eigenvalue weighted by atomic mass is 32.1. The Morgan fingerprint density at radius 3 is 2.67 bits per heavy atom. The number of esters is 1. The highest BCUT2D eigenvalue weighted by molar-refractivity contribution is 7.80. The van der Waals surface area contributed by atoms with Crippen LogP contribution < -0.4 is 5.32 Å². The first-order chi connectivity index (χ1) is 16.0. The fraction of sp³-hybridized carbons (Fsp3) is 0.320. The van der Waals surface area contributed by atoms with Crippen molar-refractivity contribution in [3.8, 4) is 5.69 Å². The normalized spacial score (nSPS) is 17.9. The Balaban J connectivity index is 1.78. The van der Waals surface area contributed by atoms with Gasteiger partial charge in [0, 0.05) is 24.6 Å². The van der Waals surface area contributed by atoms with Gasteiger partial charge in [0.15, 0.2) is 5.11 Å². The second-order valence-electron chi connectivity index (χ2n) is 8.29. The Kier molecular flexibility index (Phi) is 7.05. The number of ether oxygens (including phenoxy) is 1. The molecule has 33 heavy (non-hydrogen) atoms. The number of hydrogen-bond donors (Lipinski definition) is 1. The van der Waals surface area contributed by atoms with Crippen LogP contribution in [0, 0.1) is 0 Å². The van der Waals surface area contributed by atoms with E-state index in [4.69, 9.17) is 17.0 Å². The third kappa shape index (κ3) is 4.77. The van der Waals surface area contributed by atoms with Crippen LogP contribution in [0.1, 0.15) is 40.3 Å². The van der Waals surface area contributed by atoms with Gasteiger partial charge in [-0.1, -0.05) is 18.2 Å². The van der Waals surface area contributed by atoms with E-state index in [0.717, 1.165) is 36.6 Å². The van der Waals surface area contributed by atoms with E-state index in [1.54, 1.807) is 12.3 Å². The van der Waals surface area contributed by atoms with Gasteiger partial charge in [0.25, 0.3) is 0 Å². The summed E-state index contributed by atoms with van der Waals surface area (Å²) in [4.78, 5) is 21.5. The summed E-state index contributed by atoms with van der Waals surface area (Å²) in [6, 6.07) is 17.3. The molecule has 1 aromatic carbocycles. The minimum Gasteiger partial charge on any atom is -0.465 e. The molecular formula is C25H29N5O2S. The number of nitrogens with zero attached hydrogens (tertiary/aromatic N) is 4. The molecule has 172 valence electrons. The van der Waals surface area contributed by atoms with Gasteiger partial charge in [0.05, 0.1) is 36.1 Å². The number of rotatable bonds is 8. The minimum atomic E-state index is -0.366.